The summed E-state index contributed by atoms with van der Waals surface area (Å²) in [5.74, 6) is -1.21. The molecule has 0 fully saturated rings. The first-order valence-corrected chi connectivity index (χ1v) is 7.19. The largest absolute Gasteiger partial charge is 0.386 e. The molecule has 0 N–H and O–H groups in total. The first kappa shape index (κ1) is 12.3. The second kappa shape index (κ2) is 4.26. The number of benzene rings is 1. The van der Waals surface area contributed by atoms with Crippen molar-refractivity contribution in [2.45, 2.75) is 0 Å². The van der Waals surface area contributed by atoms with E-state index >= 15 is 0 Å². The zero-order chi connectivity index (χ0) is 11.3. The van der Waals surface area contributed by atoms with Gasteiger partial charge in [-0.15, -0.1) is 0 Å². The van der Waals surface area contributed by atoms with Gasteiger partial charge in [0.05, 0.1) is 16.1 Å². The van der Waals surface area contributed by atoms with Gasteiger partial charge in [-0.05, 0) is 67.8 Å². The number of ether oxygens (including phenoxy) is 1. The highest BCUT2D eigenvalue weighted by atomic mass is 127. The highest BCUT2D eigenvalue weighted by Gasteiger charge is 2.36. The van der Waals surface area contributed by atoms with Gasteiger partial charge in [-0.1, -0.05) is 11.6 Å². The summed E-state index contributed by atoms with van der Waals surface area (Å²) >= 11 is 12.0. The summed E-state index contributed by atoms with van der Waals surface area (Å²) in [5, 5.41) is 0.492. The first-order chi connectivity index (χ1) is 6.95. The van der Waals surface area contributed by atoms with Gasteiger partial charge in [0.1, 0.15) is 0 Å². The van der Waals surface area contributed by atoms with Crippen LogP contribution >= 0.6 is 79.4 Å². The molecule has 15 heavy (non-hydrogen) atoms. The smallest absolute Gasteiger partial charge is 0.348 e. The Morgan fingerprint density at radius 3 is 1.87 bits per heavy atom. The van der Waals surface area contributed by atoms with Crippen molar-refractivity contribution in [3.8, 4) is 0 Å². The summed E-state index contributed by atoms with van der Waals surface area (Å²) in [7, 11) is 0. The van der Waals surface area contributed by atoms with Crippen molar-refractivity contribution in [1.82, 2.24) is 0 Å². The van der Waals surface area contributed by atoms with Gasteiger partial charge in [0, 0.05) is 10.7 Å². The average Bonchev–Trinajstić information content (AvgIpc) is 2.47. The Morgan fingerprint density at radius 2 is 1.33 bits per heavy atom. The molecule has 0 saturated heterocycles. The molecular weight excluding hydrogens is 560 g/mol. The van der Waals surface area contributed by atoms with E-state index in [0.29, 0.717) is 17.7 Å². The highest BCUT2D eigenvalue weighted by Crippen LogP contribution is 2.38. The topological polar surface area (TPSA) is 43.4 Å². The van der Waals surface area contributed by atoms with Crippen molar-refractivity contribution in [2.24, 2.45) is 0 Å². The summed E-state index contributed by atoms with van der Waals surface area (Å²) in [4.78, 5) is 22.8. The summed E-state index contributed by atoms with van der Waals surface area (Å²) in [5.41, 5.74) is 0.620. The van der Waals surface area contributed by atoms with Crippen LogP contribution in [0.5, 0.6) is 0 Å². The standard InChI is InChI=1S/C8ClI3O3/c9-3-4(10)1-2(5(11)6(3)12)8(14)15-7(1)13. The van der Waals surface area contributed by atoms with Crippen LogP contribution in [0.15, 0.2) is 0 Å². The first-order valence-electron chi connectivity index (χ1n) is 3.57. The monoisotopic (exact) mass is 560 g/mol. The highest BCUT2D eigenvalue weighted by molar-refractivity contribution is 14.1. The molecule has 78 valence electrons. The number of carbonyl (C=O) groups excluding carboxylic acids is 2. The number of fused-ring (bicyclic) bond motifs is 1. The van der Waals surface area contributed by atoms with Gasteiger partial charge < -0.3 is 4.74 Å². The Hall–Kier alpha value is 0.840. The van der Waals surface area contributed by atoms with Crippen LogP contribution in [0.4, 0.5) is 0 Å². The van der Waals surface area contributed by atoms with Crippen LogP contribution < -0.4 is 0 Å². The van der Waals surface area contributed by atoms with Gasteiger partial charge in [0.15, 0.2) is 0 Å². The minimum Gasteiger partial charge on any atom is -0.386 e. The van der Waals surface area contributed by atoms with Crippen molar-refractivity contribution in [3.05, 3.63) is 26.9 Å². The van der Waals surface area contributed by atoms with E-state index in [1.807, 2.05) is 67.8 Å². The molecule has 0 radical (unpaired) electrons. The predicted molar refractivity (Wildman–Crippen MR) is 79.3 cm³/mol. The van der Waals surface area contributed by atoms with Gasteiger partial charge in [0.25, 0.3) is 0 Å². The second-order valence-electron chi connectivity index (χ2n) is 2.68. The molecule has 1 aromatic rings. The van der Waals surface area contributed by atoms with Crippen molar-refractivity contribution < 1.29 is 14.3 Å². The summed E-state index contributed by atoms with van der Waals surface area (Å²) in [6.07, 6.45) is 0. The summed E-state index contributed by atoms with van der Waals surface area (Å²) < 4.78 is 6.57. The van der Waals surface area contributed by atoms with Crippen molar-refractivity contribution >= 4 is 91.3 Å². The van der Waals surface area contributed by atoms with Crippen molar-refractivity contribution in [2.75, 3.05) is 0 Å². The fraction of sp³-hybridized carbons (Fsp3) is 0. The lowest BCUT2D eigenvalue weighted by atomic mass is 10.1. The fourth-order valence-corrected chi connectivity index (χ4v) is 4.12. The molecular formula is C8ClI3O3. The van der Waals surface area contributed by atoms with Gasteiger partial charge in [-0.25, -0.2) is 9.59 Å². The quantitative estimate of drug-likeness (QED) is 0.161. The van der Waals surface area contributed by atoms with E-state index in [1.165, 1.54) is 0 Å². The maximum atomic E-state index is 11.4. The molecule has 0 bridgehead atoms. The molecule has 1 aliphatic rings. The van der Waals surface area contributed by atoms with E-state index in [-0.39, 0.29) is 5.56 Å². The predicted octanol–water partition coefficient (Wildman–Crippen LogP) is 3.46. The molecule has 0 aliphatic carbocycles. The van der Waals surface area contributed by atoms with Crippen LogP contribution in [0.25, 0.3) is 0 Å². The van der Waals surface area contributed by atoms with Crippen LogP contribution in [0, 0.1) is 10.7 Å². The van der Waals surface area contributed by atoms with Gasteiger partial charge in [-0.2, -0.15) is 0 Å². The molecule has 0 atom stereocenters. The van der Waals surface area contributed by atoms with Crippen LogP contribution in [0.3, 0.4) is 0 Å². The van der Waals surface area contributed by atoms with E-state index in [0.717, 1.165) is 3.57 Å². The Bertz CT molecular complexity index is 468. The lowest BCUT2D eigenvalue weighted by Crippen LogP contribution is -2.02. The van der Waals surface area contributed by atoms with Crippen LogP contribution in [-0.2, 0) is 4.74 Å². The molecule has 1 heterocycles. The number of hydrogen-bond acceptors (Lipinski definition) is 3. The molecule has 1 aromatic carbocycles. The Morgan fingerprint density at radius 1 is 0.867 bits per heavy atom. The van der Waals surface area contributed by atoms with E-state index in [4.69, 9.17) is 11.6 Å². The number of cyclic esters (lactones) is 2. The maximum absolute atomic E-state index is 11.4. The lowest BCUT2D eigenvalue weighted by molar-refractivity contribution is 0.0443. The molecule has 7 heteroatoms. The third-order valence-corrected chi connectivity index (χ3v) is 7.14. The molecule has 0 unspecified atom stereocenters. The molecule has 0 aromatic heterocycles. The number of esters is 2. The number of rotatable bonds is 0. The van der Waals surface area contributed by atoms with Crippen LogP contribution in [0.1, 0.15) is 20.7 Å². The lowest BCUT2D eigenvalue weighted by Gasteiger charge is -2.06. The fourth-order valence-electron chi connectivity index (χ4n) is 1.20. The zero-order valence-electron chi connectivity index (χ0n) is 6.74. The van der Waals surface area contributed by atoms with Crippen LogP contribution in [0.2, 0.25) is 5.02 Å². The van der Waals surface area contributed by atoms with Gasteiger partial charge >= 0.3 is 11.9 Å². The van der Waals surface area contributed by atoms with Crippen molar-refractivity contribution in [1.29, 1.82) is 0 Å². The summed E-state index contributed by atoms with van der Waals surface area (Å²) in [6, 6.07) is 0. The third-order valence-electron chi connectivity index (χ3n) is 1.86. The number of hydrogen-bond donors (Lipinski definition) is 0. The molecule has 1 aliphatic heterocycles. The Kier molecular flexibility index (Phi) is 3.49. The van der Waals surface area contributed by atoms with E-state index in [1.54, 1.807) is 0 Å². The zero-order valence-corrected chi connectivity index (χ0v) is 14.0. The molecule has 0 amide bonds. The molecule has 0 saturated carbocycles. The Labute approximate surface area is 131 Å². The third kappa shape index (κ3) is 1.80. The SMILES string of the molecule is O=C1OC(=O)c2c(I)c(I)c(Cl)c(I)c21. The maximum Gasteiger partial charge on any atom is 0.348 e. The summed E-state index contributed by atoms with van der Waals surface area (Å²) in [6.45, 7) is 0. The second-order valence-corrected chi connectivity index (χ2v) is 6.30. The van der Waals surface area contributed by atoms with Crippen LogP contribution in [-0.4, -0.2) is 11.9 Å². The normalized spacial score (nSPS) is 14.1. The molecule has 2 rings (SSSR count). The van der Waals surface area contributed by atoms with E-state index in [9.17, 15) is 9.59 Å². The minimum absolute atomic E-state index is 0.287. The Balaban J connectivity index is 2.92. The molecule has 3 nitrogen and oxygen atoms in total. The van der Waals surface area contributed by atoms with Gasteiger partial charge in [0.2, 0.25) is 0 Å². The minimum atomic E-state index is -0.615. The number of halogens is 4. The average molecular weight is 560 g/mol. The molecule has 0 spiro atoms. The number of carbonyl (C=O) groups is 2. The van der Waals surface area contributed by atoms with E-state index < -0.39 is 11.9 Å². The van der Waals surface area contributed by atoms with Crippen molar-refractivity contribution in [3.63, 3.8) is 0 Å². The van der Waals surface area contributed by atoms with E-state index in [2.05, 4.69) is 4.74 Å². The van der Waals surface area contributed by atoms with Gasteiger partial charge in [-0.3, -0.25) is 0 Å².